The van der Waals surface area contributed by atoms with Gasteiger partial charge in [-0.05, 0) is 24.5 Å². The molecule has 0 saturated carbocycles. The number of hydrogen-bond donors (Lipinski definition) is 3. The summed E-state index contributed by atoms with van der Waals surface area (Å²) >= 11 is 0. The average Bonchev–Trinajstić information content (AvgIpc) is 2.54. The lowest BCUT2D eigenvalue weighted by Crippen LogP contribution is -2.38. The molecule has 0 amide bonds. The maximum atomic E-state index is 9.92. The van der Waals surface area contributed by atoms with Crippen molar-refractivity contribution in [3.8, 4) is 11.5 Å². The van der Waals surface area contributed by atoms with Crippen LogP contribution >= 0.6 is 24.0 Å². The van der Waals surface area contributed by atoms with Gasteiger partial charge in [0.1, 0.15) is 11.5 Å². The highest BCUT2D eigenvalue weighted by Gasteiger charge is 2.04. The number of rotatable bonds is 9. The Morgan fingerprint density at radius 3 is 2.52 bits per heavy atom. The van der Waals surface area contributed by atoms with Crippen molar-refractivity contribution >= 4 is 29.9 Å². The molecule has 0 heterocycles. The molecule has 0 bridgehead atoms. The number of nitrogens with zero attached hydrogens (tertiary/aromatic N) is 1. The molecule has 0 fully saturated rings. The van der Waals surface area contributed by atoms with Gasteiger partial charge in [0.15, 0.2) is 5.96 Å². The molecular formula is C17H30IN3O2. The van der Waals surface area contributed by atoms with Gasteiger partial charge in [-0.15, -0.1) is 24.0 Å². The topological polar surface area (TPSA) is 65.9 Å². The van der Waals surface area contributed by atoms with E-state index in [0.29, 0.717) is 12.3 Å². The first-order valence-corrected chi connectivity index (χ1v) is 8.01. The number of aromatic hydroxyl groups is 1. The number of aliphatic imine (C=N–C) groups is 1. The molecule has 5 nitrogen and oxygen atoms in total. The summed E-state index contributed by atoms with van der Waals surface area (Å²) in [5.74, 6) is 1.74. The molecule has 0 radical (unpaired) electrons. The van der Waals surface area contributed by atoms with E-state index in [9.17, 15) is 5.11 Å². The second-order valence-electron chi connectivity index (χ2n) is 5.23. The van der Waals surface area contributed by atoms with E-state index in [1.54, 1.807) is 20.2 Å². The Bertz CT molecular complexity index is 467. The van der Waals surface area contributed by atoms with E-state index in [2.05, 4.69) is 22.5 Å². The Morgan fingerprint density at radius 2 is 1.91 bits per heavy atom. The molecule has 0 aliphatic carbocycles. The molecule has 1 aromatic carbocycles. The van der Waals surface area contributed by atoms with Crippen LogP contribution in [0.5, 0.6) is 11.5 Å². The minimum Gasteiger partial charge on any atom is -0.508 e. The number of benzene rings is 1. The number of hydrogen-bond acceptors (Lipinski definition) is 3. The van der Waals surface area contributed by atoms with E-state index in [4.69, 9.17) is 4.74 Å². The summed E-state index contributed by atoms with van der Waals surface area (Å²) in [7, 11) is 3.36. The zero-order valence-electron chi connectivity index (χ0n) is 14.4. The third kappa shape index (κ3) is 8.88. The second-order valence-corrected chi connectivity index (χ2v) is 5.23. The fourth-order valence-electron chi connectivity index (χ4n) is 2.18. The lowest BCUT2D eigenvalue weighted by Gasteiger charge is -2.12. The van der Waals surface area contributed by atoms with Crippen LogP contribution in [0.2, 0.25) is 0 Å². The van der Waals surface area contributed by atoms with E-state index in [-0.39, 0.29) is 29.7 Å². The van der Waals surface area contributed by atoms with Crippen LogP contribution in [0.3, 0.4) is 0 Å². The van der Waals surface area contributed by atoms with Crippen LogP contribution in [0, 0.1) is 0 Å². The van der Waals surface area contributed by atoms with Crippen molar-refractivity contribution in [2.75, 3.05) is 27.2 Å². The number of guanidine groups is 1. The predicted octanol–water partition coefficient (Wildman–Crippen LogP) is 3.31. The summed E-state index contributed by atoms with van der Waals surface area (Å²) in [5.41, 5.74) is 0.895. The summed E-state index contributed by atoms with van der Waals surface area (Å²) in [6.07, 6.45) is 5.67. The summed E-state index contributed by atoms with van der Waals surface area (Å²) in [5, 5.41) is 16.5. The van der Waals surface area contributed by atoms with Crippen LogP contribution in [0.15, 0.2) is 23.2 Å². The van der Waals surface area contributed by atoms with Gasteiger partial charge in [-0.25, -0.2) is 0 Å². The highest BCUT2D eigenvalue weighted by Crippen LogP contribution is 2.23. The molecule has 1 aromatic rings. The van der Waals surface area contributed by atoms with Crippen molar-refractivity contribution in [3.05, 3.63) is 23.8 Å². The lowest BCUT2D eigenvalue weighted by molar-refractivity contribution is 0.406. The van der Waals surface area contributed by atoms with E-state index in [1.807, 2.05) is 12.1 Å². The summed E-state index contributed by atoms with van der Waals surface area (Å²) in [6, 6.07) is 5.38. The van der Waals surface area contributed by atoms with Crippen LogP contribution in [-0.4, -0.2) is 38.3 Å². The van der Waals surface area contributed by atoms with Gasteiger partial charge in [-0.2, -0.15) is 0 Å². The molecule has 1 rings (SSSR count). The molecule has 0 aromatic heterocycles. The van der Waals surface area contributed by atoms with Crippen molar-refractivity contribution < 1.29 is 9.84 Å². The molecule has 0 aliphatic rings. The molecule has 0 unspecified atom stereocenters. The van der Waals surface area contributed by atoms with Crippen molar-refractivity contribution in [1.82, 2.24) is 10.6 Å². The highest BCUT2D eigenvalue weighted by molar-refractivity contribution is 14.0. The maximum absolute atomic E-state index is 9.92. The van der Waals surface area contributed by atoms with Gasteiger partial charge >= 0.3 is 0 Å². The first kappa shape index (κ1) is 21.8. The van der Waals surface area contributed by atoms with Crippen LogP contribution in [-0.2, 0) is 6.42 Å². The Labute approximate surface area is 156 Å². The summed E-state index contributed by atoms with van der Waals surface area (Å²) in [4.78, 5) is 4.20. The Hall–Kier alpha value is -1.18. The quantitative estimate of drug-likeness (QED) is 0.241. The molecular weight excluding hydrogens is 405 g/mol. The van der Waals surface area contributed by atoms with Gasteiger partial charge in [0.25, 0.3) is 0 Å². The van der Waals surface area contributed by atoms with E-state index in [1.165, 1.54) is 19.3 Å². The SMILES string of the molecule is CCCCCCNC(=NC)NCCc1ccc(OC)cc1O.I. The van der Waals surface area contributed by atoms with Crippen LogP contribution < -0.4 is 15.4 Å². The van der Waals surface area contributed by atoms with E-state index >= 15 is 0 Å². The fourth-order valence-corrected chi connectivity index (χ4v) is 2.18. The first-order chi connectivity index (χ1) is 10.7. The third-order valence-corrected chi connectivity index (χ3v) is 3.53. The normalized spacial score (nSPS) is 10.8. The van der Waals surface area contributed by atoms with Crippen LogP contribution in [0.25, 0.3) is 0 Å². The summed E-state index contributed by atoms with van der Waals surface area (Å²) < 4.78 is 5.08. The second kappa shape index (κ2) is 13.3. The van der Waals surface area contributed by atoms with E-state index < -0.39 is 0 Å². The first-order valence-electron chi connectivity index (χ1n) is 8.01. The van der Waals surface area contributed by atoms with Gasteiger partial charge < -0.3 is 20.5 Å². The number of unbranched alkanes of at least 4 members (excludes halogenated alkanes) is 3. The molecule has 0 saturated heterocycles. The number of phenols is 1. The smallest absolute Gasteiger partial charge is 0.190 e. The molecule has 6 heteroatoms. The van der Waals surface area contributed by atoms with Gasteiger partial charge in [-0.1, -0.05) is 32.3 Å². The highest BCUT2D eigenvalue weighted by atomic mass is 127. The molecule has 0 aliphatic heterocycles. The number of halogens is 1. The van der Waals surface area contributed by atoms with Crippen molar-refractivity contribution in [2.45, 2.75) is 39.0 Å². The van der Waals surface area contributed by atoms with Gasteiger partial charge in [-0.3, -0.25) is 4.99 Å². The molecule has 0 atom stereocenters. The Kier molecular flexibility index (Phi) is 12.6. The van der Waals surface area contributed by atoms with Crippen LogP contribution in [0.4, 0.5) is 0 Å². The van der Waals surface area contributed by atoms with Gasteiger partial charge in [0.2, 0.25) is 0 Å². The zero-order chi connectivity index (χ0) is 16.2. The van der Waals surface area contributed by atoms with Crippen molar-refractivity contribution in [3.63, 3.8) is 0 Å². The summed E-state index contributed by atoms with van der Waals surface area (Å²) in [6.45, 7) is 3.87. The fraction of sp³-hybridized carbons (Fsp3) is 0.588. The Balaban J connectivity index is 0.00000484. The van der Waals surface area contributed by atoms with E-state index in [0.717, 1.165) is 30.9 Å². The van der Waals surface area contributed by atoms with Crippen LogP contribution in [0.1, 0.15) is 38.2 Å². The number of ether oxygens (including phenoxy) is 1. The maximum Gasteiger partial charge on any atom is 0.190 e. The predicted molar refractivity (Wildman–Crippen MR) is 107 cm³/mol. The lowest BCUT2D eigenvalue weighted by atomic mass is 10.1. The molecule has 0 spiro atoms. The zero-order valence-corrected chi connectivity index (χ0v) is 16.7. The van der Waals surface area contributed by atoms with Crippen molar-refractivity contribution in [2.24, 2.45) is 4.99 Å². The average molecular weight is 435 g/mol. The minimum absolute atomic E-state index is 0. The van der Waals surface area contributed by atoms with Gasteiger partial charge in [0, 0.05) is 26.2 Å². The number of nitrogens with one attached hydrogen (secondary N) is 2. The monoisotopic (exact) mass is 435 g/mol. The third-order valence-electron chi connectivity index (χ3n) is 3.53. The van der Waals surface area contributed by atoms with Crippen molar-refractivity contribution in [1.29, 1.82) is 0 Å². The standard InChI is InChI=1S/C17H29N3O2.HI/c1-4-5-6-7-11-19-17(18-2)20-12-10-14-8-9-15(22-3)13-16(14)21;/h8-9,13,21H,4-7,10-12H2,1-3H3,(H2,18,19,20);1H. The molecule has 3 N–H and O–H groups in total. The minimum atomic E-state index is 0. The largest absolute Gasteiger partial charge is 0.508 e. The number of phenolic OH excluding ortho intramolecular Hbond substituents is 1. The molecule has 23 heavy (non-hydrogen) atoms. The number of methoxy groups -OCH3 is 1. The Morgan fingerprint density at radius 1 is 1.17 bits per heavy atom. The molecule has 132 valence electrons. The van der Waals surface area contributed by atoms with Gasteiger partial charge in [0.05, 0.1) is 7.11 Å².